The Labute approximate surface area is 117 Å². The van der Waals surface area contributed by atoms with Crippen LogP contribution in [0.25, 0.3) is 0 Å². The third-order valence-corrected chi connectivity index (χ3v) is 4.07. The Hall–Kier alpha value is -1.25. The van der Waals surface area contributed by atoms with Gasteiger partial charge in [0.05, 0.1) is 17.5 Å². The van der Waals surface area contributed by atoms with Gasteiger partial charge in [-0.15, -0.1) is 0 Å². The first-order valence-electron chi connectivity index (χ1n) is 5.99. The molecule has 1 aromatic carbocycles. The Bertz CT molecular complexity index is 500. The van der Waals surface area contributed by atoms with Gasteiger partial charge in [-0.3, -0.25) is 0 Å². The van der Waals surface area contributed by atoms with Gasteiger partial charge < -0.3 is 15.8 Å². The van der Waals surface area contributed by atoms with Crippen LogP contribution in [0.3, 0.4) is 0 Å². The van der Waals surface area contributed by atoms with Gasteiger partial charge in [0.2, 0.25) is 9.84 Å². The summed E-state index contributed by atoms with van der Waals surface area (Å²) in [5, 5.41) is 3.10. The molecule has 0 spiro atoms. The largest absolute Gasteiger partial charge is 0.383 e. The SMILES string of the molecule is COCC(CCN)Nc1ccc(S(=O)(=O)C(F)F)cc1. The van der Waals surface area contributed by atoms with E-state index in [4.69, 9.17) is 10.5 Å². The van der Waals surface area contributed by atoms with Gasteiger partial charge in [0, 0.05) is 12.8 Å². The molecule has 5 nitrogen and oxygen atoms in total. The summed E-state index contributed by atoms with van der Waals surface area (Å²) in [6.45, 7) is 0.910. The van der Waals surface area contributed by atoms with Crippen LogP contribution in [0, 0.1) is 0 Å². The van der Waals surface area contributed by atoms with Gasteiger partial charge in [-0.1, -0.05) is 0 Å². The smallest absolute Gasteiger partial charge is 0.341 e. The maximum absolute atomic E-state index is 12.4. The van der Waals surface area contributed by atoms with Crippen LogP contribution in [0.4, 0.5) is 14.5 Å². The molecule has 20 heavy (non-hydrogen) atoms. The number of halogens is 2. The average molecular weight is 308 g/mol. The molecule has 0 radical (unpaired) electrons. The van der Waals surface area contributed by atoms with Crippen LogP contribution in [-0.2, 0) is 14.6 Å². The van der Waals surface area contributed by atoms with Gasteiger partial charge in [0.1, 0.15) is 0 Å². The molecule has 0 fully saturated rings. The molecule has 1 aromatic rings. The van der Waals surface area contributed by atoms with Crippen LogP contribution in [-0.4, -0.2) is 40.5 Å². The first-order chi connectivity index (χ1) is 9.41. The fourth-order valence-electron chi connectivity index (χ4n) is 1.68. The van der Waals surface area contributed by atoms with Gasteiger partial charge in [-0.05, 0) is 37.2 Å². The van der Waals surface area contributed by atoms with Crippen molar-refractivity contribution in [2.24, 2.45) is 5.73 Å². The van der Waals surface area contributed by atoms with Gasteiger partial charge in [0.25, 0.3) is 0 Å². The van der Waals surface area contributed by atoms with Crippen molar-refractivity contribution in [2.45, 2.75) is 23.1 Å². The second-order valence-electron chi connectivity index (χ2n) is 4.20. The molecule has 0 bridgehead atoms. The number of nitrogens with two attached hydrogens (primary N) is 1. The molecule has 3 N–H and O–H groups in total. The fraction of sp³-hybridized carbons (Fsp3) is 0.500. The van der Waals surface area contributed by atoms with Crippen molar-refractivity contribution in [3.05, 3.63) is 24.3 Å². The monoisotopic (exact) mass is 308 g/mol. The van der Waals surface area contributed by atoms with Crippen molar-refractivity contribution < 1.29 is 21.9 Å². The molecule has 0 amide bonds. The minimum atomic E-state index is -4.55. The lowest BCUT2D eigenvalue weighted by Gasteiger charge is -2.18. The summed E-state index contributed by atoms with van der Waals surface area (Å²) in [5.74, 6) is -3.42. The summed E-state index contributed by atoms with van der Waals surface area (Å²) >= 11 is 0. The van der Waals surface area contributed by atoms with E-state index >= 15 is 0 Å². The lowest BCUT2D eigenvalue weighted by Crippen LogP contribution is -2.27. The summed E-state index contributed by atoms with van der Waals surface area (Å²) in [6, 6.07) is 5.15. The zero-order valence-corrected chi connectivity index (χ0v) is 11.9. The number of nitrogens with one attached hydrogen (secondary N) is 1. The number of ether oxygens (including phenoxy) is 1. The Morgan fingerprint density at radius 2 is 1.90 bits per heavy atom. The standard InChI is InChI=1S/C12H18F2N2O3S/c1-19-8-10(6-7-15)16-9-2-4-11(5-3-9)20(17,18)12(13)14/h2-5,10,12,16H,6-8,15H2,1H3. The van der Waals surface area contributed by atoms with E-state index in [9.17, 15) is 17.2 Å². The predicted molar refractivity (Wildman–Crippen MR) is 72.6 cm³/mol. The number of anilines is 1. The highest BCUT2D eigenvalue weighted by Gasteiger charge is 2.26. The molecule has 1 rings (SSSR count). The van der Waals surface area contributed by atoms with Crippen molar-refractivity contribution in [3.63, 3.8) is 0 Å². The minimum Gasteiger partial charge on any atom is -0.383 e. The van der Waals surface area contributed by atoms with Crippen molar-refractivity contribution in [2.75, 3.05) is 25.6 Å². The van der Waals surface area contributed by atoms with Crippen LogP contribution in [0.15, 0.2) is 29.2 Å². The molecule has 0 aliphatic heterocycles. The Kier molecular flexibility index (Phi) is 6.31. The minimum absolute atomic E-state index is 0.0254. The third-order valence-electron chi connectivity index (χ3n) is 2.67. The molecule has 8 heteroatoms. The van der Waals surface area contributed by atoms with Gasteiger partial charge in [0.15, 0.2) is 0 Å². The Morgan fingerprint density at radius 1 is 1.30 bits per heavy atom. The zero-order valence-electron chi connectivity index (χ0n) is 11.1. The van der Waals surface area contributed by atoms with Crippen LogP contribution >= 0.6 is 0 Å². The molecule has 0 aromatic heterocycles. The van der Waals surface area contributed by atoms with Crippen LogP contribution < -0.4 is 11.1 Å². The molecule has 0 saturated heterocycles. The quantitative estimate of drug-likeness (QED) is 0.760. The number of benzene rings is 1. The van der Waals surface area contributed by atoms with E-state index in [0.717, 1.165) is 12.1 Å². The van der Waals surface area contributed by atoms with E-state index in [1.807, 2.05) is 0 Å². The highest BCUT2D eigenvalue weighted by atomic mass is 32.2. The summed E-state index contributed by atoms with van der Waals surface area (Å²) < 4.78 is 52.3. The Balaban J connectivity index is 2.81. The Morgan fingerprint density at radius 3 is 2.35 bits per heavy atom. The normalized spacial score (nSPS) is 13.4. The molecule has 114 valence electrons. The first-order valence-corrected chi connectivity index (χ1v) is 7.54. The highest BCUT2D eigenvalue weighted by molar-refractivity contribution is 7.91. The van der Waals surface area contributed by atoms with E-state index < -0.39 is 20.5 Å². The number of rotatable bonds is 8. The first kappa shape index (κ1) is 16.8. The van der Waals surface area contributed by atoms with Gasteiger partial charge >= 0.3 is 5.76 Å². The van der Waals surface area contributed by atoms with E-state index in [0.29, 0.717) is 25.3 Å². The summed E-state index contributed by atoms with van der Waals surface area (Å²) in [6.07, 6.45) is 0.672. The van der Waals surface area contributed by atoms with Crippen LogP contribution in [0.2, 0.25) is 0 Å². The molecule has 0 heterocycles. The van der Waals surface area contributed by atoms with E-state index in [1.165, 1.54) is 12.1 Å². The lowest BCUT2D eigenvalue weighted by molar-refractivity contribution is 0.183. The number of alkyl halides is 2. The number of hydrogen-bond acceptors (Lipinski definition) is 5. The maximum Gasteiger partial charge on any atom is 0.341 e. The van der Waals surface area contributed by atoms with Crippen molar-refractivity contribution in [1.82, 2.24) is 0 Å². The molecule has 0 aliphatic carbocycles. The van der Waals surface area contributed by atoms with E-state index in [1.54, 1.807) is 7.11 Å². The fourth-order valence-corrected chi connectivity index (χ4v) is 2.40. The third kappa shape index (κ3) is 4.39. The second kappa shape index (κ2) is 7.51. The molecule has 1 atom stereocenters. The van der Waals surface area contributed by atoms with Crippen LogP contribution in [0.1, 0.15) is 6.42 Å². The molecule has 1 unspecified atom stereocenters. The average Bonchev–Trinajstić information content (AvgIpc) is 2.39. The lowest BCUT2D eigenvalue weighted by atomic mass is 10.2. The molecular weight excluding hydrogens is 290 g/mol. The summed E-state index contributed by atoms with van der Waals surface area (Å²) in [5.41, 5.74) is 6.09. The van der Waals surface area contributed by atoms with Gasteiger partial charge in [-0.25, -0.2) is 8.42 Å². The number of hydrogen-bond donors (Lipinski definition) is 2. The van der Waals surface area contributed by atoms with E-state index in [2.05, 4.69) is 5.32 Å². The topological polar surface area (TPSA) is 81.4 Å². The molecule has 0 aliphatic rings. The number of methoxy groups -OCH3 is 1. The molecular formula is C12H18F2N2O3S. The zero-order chi connectivity index (χ0) is 15.2. The van der Waals surface area contributed by atoms with Crippen molar-refractivity contribution in [1.29, 1.82) is 0 Å². The van der Waals surface area contributed by atoms with Gasteiger partial charge in [-0.2, -0.15) is 8.78 Å². The number of sulfone groups is 1. The predicted octanol–water partition coefficient (Wildman–Crippen LogP) is 1.46. The second-order valence-corrected chi connectivity index (χ2v) is 6.12. The summed E-state index contributed by atoms with van der Waals surface area (Å²) in [7, 11) is -2.99. The van der Waals surface area contributed by atoms with Crippen molar-refractivity contribution in [3.8, 4) is 0 Å². The van der Waals surface area contributed by atoms with E-state index in [-0.39, 0.29) is 6.04 Å². The van der Waals surface area contributed by atoms with Crippen LogP contribution in [0.5, 0.6) is 0 Å². The highest BCUT2D eigenvalue weighted by Crippen LogP contribution is 2.20. The maximum atomic E-state index is 12.4. The summed E-state index contributed by atoms with van der Waals surface area (Å²) in [4.78, 5) is -0.403. The van der Waals surface area contributed by atoms with Crippen molar-refractivity contribution >= 4 is 15.5 Å². The molecule has 0 saturated carbocycles.